The van der Waals surface area contributed by atoms with E-state index in [1.165, 1.54) is 0 Å². The lowest BCUT2D eigenvalue weighted by Crippen LogP contribution is -2.34. The minimum absolute atomic E-state index is 0.156. The summed E-state index contributed by atoms with van der Waals surface area (Å²) in [6.07, 6.45) is 2.06. The molecule has 2 aromatic rings. The maximum atomic E-state index is 11.1. The molecule has 0 spiro atoms. The second-order valence-corrected chi connectivity index (χ2v) is 5.59. The predicted octanol–water partition coefficient (Wildman–Crippen LogP) is 2.28. The molecule has 0 radical (unpaired) electrons. The topological polar surface area (TPSA) is 84.3 Å². The summed E-state index contributed by atoms with van der Waals surface area (Å²) in [4.78, 5) is 19.9. The SMILES string of the molecule is Cc1nc(OC2CCNCC2)cc(-c2cccc(C(=O)O)c2)n1. The van der Waals surface area contributed by atoms with Gasteiger partial charge in [0.25, 0.3) is 0 Å². The van der Waals surface area contributed by atoms with Gasteiger partial charge >= 0.3 is 5.97 Å². The first-order valence-electron chi connectivity index (χ1n) is 7.68. The van der Waals surface area contributed by atoms with Gasteiger partial charge in [-0.3, -0.25) is 0 Å². The van der Waals surface area contributed by atoms with Crippen LogP contribution in [0.1, 0.15) is 29.0 Å². The molecule has 1 aliphatic rings. The number of nitrogens with zero attached hydrogens (tertiary/aromatic N) is 2. The lowest BCUT2D eigenvalue weighted by atomic mass is 10.1. The summed E-state index contributed by atoms with van der Waals surface area (Å²) in [5.74, 6) is 0.191. The minimum Gasteiger partial charge on any atom is -0.478 e. The highest BCUT2D eigenvalue weighted by molar-refractivity contribution is 5.89. The highest BCUT2D eigenvalue weighted by Crippen LogP contribution is 2.23. The molecule has 0 saturated carbocycles. The van der Waals surface area contributed by atoms with Gasteiger partial charge in [0.1, 0.15) is 11.9 Å². The maximum absolute atomic E-state index is 11.1. The number of hydrogen-bond acceptors (Lipinski definition) is 5. The zero-order valence-corrected chi connectivity index (χ0v) is 13.0. The number of carboxylic acid groups (broad SMARTS) is 1. The molecule has 0 aliphatic carbocycles. The summed E-state index contributed by atoms with van der Waals surface area (Å²) >= 11 is 0. The molecule has 0 unspecified atom stereocenters. The van der Waals surface area contributed by atoms with E-state index in [4.69, 9.17) is 9.84 Å². The molecule has 6 nitrogen and oxygen atoms in total. The van der Waals surface area contributed by atoms with Crippen molar-refractivity contribution in [2.45, 2.75) is 25.9 Å². The summed E-state index contributed by atoms with van der Waals surface area (Å²) in [5.41, 5.74) is 1.65. The van der Waals surface area contributed by atoms with E-state index in [-0.39, 0.29) is 11.7 Å². The number of rotatable bonds is 4. The van der Waals surface area contributed by atoms with Crippen LogP contribution < -0.4 is 10.1 Å². The number of hydrogen-bond donors (Lipinski definition) is 2. The Morgan fingerprint density at radius 3 is 2.78 bits per heavy atom. The molecule has 2 heterocycles. The number of aromatic carboxylic acids is 1. The van der Waals surface area contributed by atoms with Gasteiger partial charge in [-0.15, -0.1) is 0 Å². The zero-order valence-electron chi connectivity index (χ0n) is 13.0. The van der Waals surface area contributed by atoms with Crippen molar-refractivity contribution in [3.63, 3.8) is 0 Å². The van der Waals surface area contributed by atoms with Crippen molar-refractivity contribution in [2.75, 3.05) is 13.1 Å². The number of carbonyl (C=O) groups is 1. The van der Waals surface area contributed by atoms with Gasteiger partial charge in [0, 0.05) is 11.6 Å². The van der Waals surface area contributed by atoms with E-state index in [1.54, 1.807) is 31.2 Å². The second kappa shape index (κ2) is 6.75. The Kier molecular flexibility index (Phi) is 4.52. The van der Waals surface area contributed by atoms with Crippen molar-refractivity contribution < 1.29 is 14.6 Å². The first kappa shape index (κ1) is 15.4. The largest absolute Gasteiger partial charge is 0.478 e. The number of aromatic nitrogens is 2. The van der Waals surface area contributed by atoms with E-state index in [1.807, 2.05) is 6.07 Å². The molecule has 0 bridgehead atoms. The van der Waals surface area contributed by atoms with Gasteiger partial charge in [0.05, 0.1) is 11.3 Å². The molecule has 6 heteroatoms. The van der Waals surface area contributed by atoms with Crippen LogP contribution in [0, 0.1) is 6.92 Å². The van der Waals surface area contributed by atoms with Crippen molar-refractivity contribution in [2.24, 2.45) is 0 Å². The molecule has 3 rings (SSSR count). The summed E-state index contributed by atoms with van der Waals surface area (Å²) in [6, 6.07) is 8.49. The monoisotopic (exact) mass is 313 g/mol. The van der Waals surface area contributed by atoms with Crippen LogP contribution >= 0.6 is 0 Å². The van der Waals surface area contributed by atoms with Gasteiger partial charge in [0.15, 0.2) is 0 Å². The Morgan fingerprint density at radius 2 is 2.04 bits per heavy atom. The molecular formula is C17H19N3O3. The lowest BCUT2D eigenvalue weighted by Gasteiger charge is -2.23. The van der Waals surface area contributed by atoms with Gasteiger partial charge in [-0.1, -0.05) is 12.1 Å². The Labute approximate surface area is 134 Å². The molecule has 120 valence electrons. The number of nitrogens with one attached hydrogen (secondary N) is 1. The van der Waals surface area contributed by atoms with Crippen LogP contribution in [0.15, 0.2) is 30.3 Å². The summed E-state index contributed by atoms with van der Waals surface area (Å²) in [6.45, 7) is 3.70. The molecular weight excluding hydrogens is 294 g/mol. The molecule has 1 saturated heterocycles. The summed E-state index contributed by atoms with van der Waals surface area (Å²) in [5, 5.41) is 12.4. The van der Waals surface area contributed by atoms with Gasteiger partial charge in [-0.2, -0.15) is 4.98 Å². The fraction of sp³-hybridized carbons (Fsp3) is 0.353. The third kappa shape index (κ3) is 3.84. The number of piperidine rings is 1. The molecule has 1 aromatic carbocycles. The Morgan fingerprint density at radius 1 is 1.26 bits per heavy atom. The normalized spacial score (nSPS) is 15.3. The molecule has 0 atom stereocenters. The van der Waals surface area contributed by atoms with Crippen molar-refractivity contribution in [1.82, 2.24) is 15.3 Å². The molecule has 23 heavy (non-hydrogen) atoms. The van der Waals surface area contributed by atoms with E-state index in [0.29, 0.717) is 17.4 Å². The summed E-state index contributed by atoms with van der Waals surface area (Å²) in [7, 11) is 0. The highest BCUT2D eigenvalue weighted by Gasteiger charge is 2.16. The van der Waals surface area contributed by atoms with Crippen LogP contribution in [-0.2, 0) is 0 Å². The first-order chi connectivity index (χ1) is 11.1. The van der Waals surface area contributed by atoms with Gasteiger partial charge in [-0.05, 0) is 45.0 Å². The van der Waals surface area contributed by atoms with Gasteiger partial charge in [0.2, 0.25) is 5.88 Å². The number of ether oxygens (including phenoxy) is 1. The van der Waals surface area contributed by atoms with E-state index in [0.717, 1.165) is 31.5 Å². The smallest absolute Gasteiger partial charge is 0.335 e. The minimum atomic E-state index is -0.955. The molecule has 2 N–H and O–H groups in total. The Balaban J connectivity index is 1.87. The number of carboxylic acids is 1. The van der Waals surface area contributed by atoms with Crippen molar-refractivity contribution in [3.05, 3.63) is 41.7 Å². The van der Waals surface area contributed by atoms with Crippen LogP contribution in [0.25, 0.3) is 11.3 Å². The van der Waals surface area contributed by atoms with Crippen molar-refractivity contribution >= 4 is 5.97 Å². The van der Waals surface area contributed by atoms with Crippen LogP contribution in [-0.4, -0.2) is 40.2 Å². The summed E-state index contributed by atoms with van der Waals surface area (Å²) < 4.78 is 5.97. The maximum Gasteiger partial charge on any atom is 0.335 e. The highest BCUT2D eigenvalue weighted by atomic mass is 16.5. The average molecular weight is 313 g/mol. The predicted molar refractivity (Wildman–Crippen MR) is 85.7 cm³/mol. The fourth-order valence-electron chi connectivity index (χ4n) is 2.64. The molecule has 0 amide bonds. The standard InChI is InChI=1S/C17H19N3O3/c1-11-19-15(12-3-2-4-13(9-12)17(21)22)10-16(20-11)23-14-5-7-18-8-6-14/h2-4,9-10,14,18H,5-8H2,1H3,(H,21,22). The van der Waals surface area contributed by atoms with Crippen LogP contribution in [0.5, 0.6) is 5.88 Å². The zero-order chi connectivity index (χ0) is 16.2. The first-order valence-corrected chi connectivity index (χ1v) is 7.68. The number of benzene rings is 1. The fourth-order valence-corrected chi connectivity index (χ4v) is 2.64. The van der Waals surface area contributed by atoms with E-state index >= 15 is 0 Å². The van der Waals surface area contributed by atoms with Crippen LogP contribution in [0.3, 0.4) is 0 Å². The average Bonchev–Trinajstić information content (AvgIpc) is 2.55. The van der Waals surface area contributed by atoms with Crippen LogP contribution in [0.2, 0.25) is 0 Å². The third-order valence-electron chi connectivity index (χ3n) is 3.79. The number of aryl methyl sites for hydroxylation is 1. The lowest BCUT2D eigenvalue weighted by molar-refractivity contribution is 0.0697. The van der Waals surface area contributed by atoms with E-state index in [2.05, 4.69) is 15.3 Å². The van der Waals surface area contributed by atoms with Crippen LogP contribution in [0.4, 0.5) is 0 Å². The molecule has 1 fully saturated rings. The second-order valence-electron chi connectivity index (χ2n) is 5.59. The molecule has 1 aromatic heterocycles. The third-order valence-corrected chi connectivity index (χ3v) is 3.79. The Bertz CT molecular complexity index is 712. The van der Waals surface area contributed by atoms with Gasteiger partial charge < -0.3 is 15.2 Å². The quantitative estimate of drug-likeness (QED) is 0.901. The molecule has 1 aliphatic heterocycles. The van der Waals surface area contributed by atoms with E-state index < -0.39 is 5.97 Å². The van der Waals surface area contributed by atoms with Crippen molar-refractivity contribution in [3.8, 4) is 17.1 Å². The Hall–Kier alpha value is -2.47. The van der Waals surface area contributed by atoms with E-state index in [9.17, 15) is 4.79 Å². The van der Waals surface area contributed by atoms with Crippen molar-refractivity contribution in [1.29, 1.82) is 0 Å². The van der Waals surface area contributed by atoms with Gasteiger partial charge in [-0.25, -0.2) is 9.78 Å².